The summed E-state index contributed by atoms with van der Waals surface area (Å²) in [5.74, 6) is 0. The molecule has 0 aromatic rings. The highest BCUT2D eigenvalue weighted by molar-refractivity contribution is 6.20. The van der Waals surface area contributed by atoms with Crippen LogP contribution in [-0.2, 0) is 0 Å². The van der Waals surface area contributed by atoms with E-state index in [4.69, 9.17) is 11.6 Å². The Labute approximate surface area is 170 Å². The van der Waals surface area contributed by atoms with Crippen molar-refractivity contribution in [1.82, 2.24) is 4.90 Å². The van der Waals surface area contributed by atoms with Crippen molar-refractivity contribution >= 4 is 11.6 Å². The molecule has 0 saturated carbocycles. The molecule has 0 aromatic heterocycles. The molecule has 26 heavy (non-hydrogen) atoms. The summed E-state index contributed by atoms with van der Waals surface area (Å²) in [6, 6.07) is 0.388. The normalized spacial score (nSPS) is 15.3. The second-order valence-corrected chi connectivity index (χ2v) is 9.18. The van der Waals surface area contributed by atoms with Gasteiger partial charge in [0.1, 0.15) is 0 Å². The molecule has 0 aliphatic carbocycles. The summed E-state index contributed by atoms with van der Waals surface area (Å²) in [6.45, 7) is 4.15. The van der Waals surface area contributed by atoms with Crippen molar-refractivity contribution < 1.29 is 5.11 Å². The van der Waals surface area contributed by atoms with Gasteiger partial charge in [0, 0.05) is 11.4 Å². The SMILES string of the molecule is CCCCCCCCCCCCCCCC(Cl)CC(CC(C)O)N(C)C. The lowest BCUT2D eigenvalue weighted by atomic mass is 10.00. The number of aliphatic hydroxyl groups excluding tert-OH is 1. The third kappa shape index (κ3) is 17.6. The van der Waals surface area contributed by atoms with Crippen LogP contribution in [0.3, 0.4) is 0 Å². The zero-order chi connectivity index (χ0) is 19.6. The fourth-order valence-corrected chi connectivity index (χ4v) is 4.07. The highest BCUT2D eigenvalue weighted by atomic mass is 35.5. The fourth-order valence-electron chi connectivity index (χ4n) is 3.71. The number of alkyl halides is 1. The third-order valence-electron chi connectivity index (χ3n) is 5.49. The van der Waals surface area contributed by atoms with Crippen LogP contribution in [0.15, 0.2) is 0 Å². The first kappa shape index (κ1) is 26.2. The Morgan fingerprint density at radius 1 is 0.731 bits per heavy atom. The Morgan fingerprint density at radius 2 is 1.15 bits per heavy atom. The van der Waals surface area contributed by atoms with Crippen LogP contribution in [0.25, 0.3) is 0 Å². The molecule has 0 aromatic carbocycles. The fraction of sp³-hybridized carbons (Fsp3) is 1.00. The van der Waals surface area contributed by atoms with Gasteiger partial charge in [0.15, 0.2) is 0 Å². The van der Waals surface area contributed by atoms with E-state index < -0.39 is 0 Å². The second-order valence-electron chi connectivity index (χ2n) is 8.57. The van der Waals surface area contributed by atoms with Crippen LogP contribution in [0.4, 0.5) is 0 Å². The van der Waals surface area contributed by atoms with E-state index in [0.29, 0.717) is 6.04 Å². The van der Waals surface area contributed by atoms with E-state index in [0.717, 1.165) is 19.3 Å². The maximum absolute atomic E-state index is 9.61. The number of hydrogen-bond donors (Lipinski definition) is 1. The van der Waals surface area contributed by atoms with Crippen LogP contribution < -0.4 is 0 Å². The molecule has 0 aliphatic heterocycles. The van der Waals surface area contributed by atoms with E-state index in [1.807, 2.05) is 6.92 Å². The predicted octanol–water partition coefficient (Wildman–Crippen LogP) is 7.17. The predicted molar refractivity (Wildman–Crippen MR) is 118 cm³/mol. The highest BCUT2D eigenvalue weighted by Gasteiger charge is 2.18. The number of aliphatic hydroxyl groups is 1. The Hall–Kier alpha value is 0.210. The molecule has 1 N–H and O–H groups in total. The second kappa shape index (κ2) is 18.6. The standard InChI is InChI=1S/C23H48ClNO/c1-5-6-7-8-9-10-11-12-13-14-15-16-17-18-22(24)20-23(25(3)4)19-21(2)26/h21-23,26H,5-20H2,1-4H3. The van der Waals surface area contributed by atoms with Gasteiger partial charge in [-0.2, -0.15) is 0 Å². The van der Waals surface area contributed by atoms with E-state index in [1.165, 1.54) is 83.5 Å². The van der Waals surface area contributed by atoms with Crippen LogP contribution in [-0.4, -0.2) is 41.6 Å². The molecule has 0 heterocycles. The number of hydrogen-bond acceptors (Lipinski definition) is 2. The molecule has 2 nitrogen and oxygen atoms in total. The van der Waals surface area contributed by atoms with Crippen LogP contribution in [0, 0.1) is 0 Å². The Morgan fingerprint density at radius 3 is 1.54 bits per heavy atom. The van der Waals surface area contributed by atoms with Gasteiger partial charge in [0.2, 0.25) is 0 Å². The molecular weight excluding hydrogens is 342 g/mol. The summed E-state index contributed by atoms with van der Waals surface area (Å²) in [7, 11) is 4.17. The molecule has 0 rings (SSSR count). The van der Waals surface area contributed by atoms with Crippen LogP contribution in [0.1, 0.15) is 117 Å². The van der Waals surface area contributed by atoms with Gasteiger partial charge in [-0.15, -0.1) is 11.6 Å². The van der Waals surface area contributed by atoms with Crippen LogP contribution >= 0.6 is 11.6 Å². The van der Waals surface area contributed by atoms with Crippen molar-refractivity contribution in [3.63, 3.8) is 0 Å². The minimum absolute atomic E-state index is 0.244. The molecule has 158 valence electrons. The van der Waals surface area contributed by atoms with Gasteiger partial charge in [-0.3, -0.25) is 0 Å². The lowest BCUT2D eigenvalue weighted by molar-refractivity contribution is 0.133. The quantitative estimate of drug-likeness (QED) is 0.187. The molecule has 3 heteroatoms. The highest BCUT2D eigenvalue weighted by Crippen LogP contribution is 2.20. The van der Waals surface area contributed by atoms with E-state index in [9.17, 15) is 5.11 Å². The van der Waals surface area contributed by atoms with Gasteiger partial charge >= 0.3 is 0 Å². The van der Waals surface area contributed by atoms with Crippen molar-refractivity contribution in [2.24, 2.45) is 0 Å². The van der Waals surface area contributed by atoms with E-state index in [2.05, 4.69) is 25.9 Å². The van der Waals surface area contributed by atoms with E-state index in [1.54, 1.807) is 0 Å². The Balaban J connectivity index is 3.43. The Bertz CT molecular complexity index is 283. The number of halogens is 1. The lowest BCUT2D eigenvalue weighted by Gasteiger charge is -2.27. The van der Waals surface area contributed by atoms with Crippen molar-refractivity contribution in [2.45, 2.75) is 134 Å². The molecule has 0 bridgehead atoms. The number of nitrogens with zero attached hydrogens (tertiary/aromatic N) is 1. The van der Waals surface area contributed by atoms with E-state index in [-0.39, 0.29) is 11.5 Å². The van der Waals surface area contributed by atoms with Gasteiger partial charge in [0.05, 0.1) is 6.10 Å². The number of unbranched alkanes of at least 4 members (excludes halogenated alkanes) is 12. The maximum atomic E-state index is 9.61. The molecule has 0 fully saturated rings. The molecule has 3 atom stereocenters. The van der Waals surface area contributed by atoms with Gasteiger partial charge in [-0.25, -0.2) is 0 Å². The zero-order valence-corrected chi connectivity index (χ0v) is 19.1. The first-order chi connectivity index (χ1) is 12.5. The third-order valence-corrected chi connectivity index (χ3v) is 5.89. The topological polar surface area (TPSA) is 23.5 Å². The van der Waals surface area contributed by atoms with Gasteiger partial charge in [-0.1, -0.05) is 90.4 Å². The number of rotatable bonds is 19. The summed E-state index contributed by atoms with van der Waals surface area (Å²) >= 11 is 6.54. The van der Waals surface area contributed by atoms with Crippen LogP contribution in [0.2, 0.25) is 0 Å². The average molecular weight is 390 g/mol. The van der Waals surface area contributed by atoms with Crippen molar-refractivity contribution in [2.75, 3.05) is 14.1 Å². The summed E-state index contributed by atoms with van der Waals surface area (Å²) in [5.41, 5.74) is 0. The first-order valence-corrected chi connectivity index (χ1v) is 11.9. The summed E-state index contributed by atoms with van der Waals surface area (Å²) in [4.78, 5) is 2.20. The molecule has 0 aliphatic rings. The van der Waals surface area contributed by atoms with Crippen LogP contribution in [0.5, 0.6) is 0 Å². The minimum atomic E-state index is -0.248. The minimum Gasteiger partial charge on any atom is -0.393 e. The molecule has 0 amide bonds. The summed E-state index contributed by atoms with van der Waals surface area (Å²) < 4.78 is 0. The smallest absolute Gasteiger partial charge is 0.0527 e. The largest absolute Gasteiger partial charge is 0.393 e. The van der Waals surface area contributed by atoms with Crippen molar-refractivity contribution in [3.8, 4) is 0 Å². The van der Waals surface area contributed by atoms with Gasteiger partial charge < -0.3 is 10.0 Å². The van der Waals surface area contributed by atoms with Gasteiger partial charge in [-0.05, 0) is 40.3 Å². The van der Waals surface area contributed by atoms with E-state index >= 15 is 0 Å². The summed E-state index contributed by atoms with van der Waals surface area (Å²) in [6.07, 6.45) is 20.8. The van der Waals surface area contributed by atoms with Gasteiger partial charge in [0.25, 0.3) is 0 Å². The molecule has 3 unspecified atom stereocenters. The first-order valence-electron chi connectivity index (χ1n) is 11.5. The monoisotopic (exact) mass is 389 g/mol. The van der Waals surface area contributed by atoms with Crippen molar-refractivity contribution in [1.29, 1.82) is 0 Å². The lowest BCUT2D eigenvalue weighted by Crippen LogP contribution is -2.33. The maximum Gasteiger partial charge on any atom is 0.0527 e. The molecular formula is C23H48ClNO. The Kier molecular flexibility index (Phi) is 18.7. The molecule has 0 radical (unpaired) electrons. The summed E-state index contributed by atoms with van der Waals surface area (Å²) in [5, 5.41) is 9.86. The molecule has 0 saturated heterocycles. The molecule has 0 spiro atoms. The van der Waals surface area contributed by atoms with Crippen molar-refractivity contribution in [3.05, 3.63) is 0 Å². The zero-order valence-electron chi connectivity index (χ0n) is 18.3. The average Bonchev–Trinajstić information content (AvgIpc) is 2.58.